The molecular formula is C19H21ClN4O3. The molecule has 0 aliphatic rings. The molecule has 0 aliphatic heterocycles. The first-order chi connectivity index (χ1) is 13.0. The van der Waals surface area contributed by atoms with Crippen LogP contribution in [0, 0.1) is 5.92 Å². The molecular weight excluding hydrogens is 368 g/mol. The Labute approximate surface area is 162 Å². The van der Waals surface area contributed by atoms with E-state index in [1.165, 1.54) is 0 Å². The minimum Gasteiger partial charge on any atom is -0.480 e. The second-order valence-electron chi connectivity index (χ2n) is 6.41. The number of fused-ring (bicyclic) bond motifs is 1. The largest absolute Gasteiger partial charge is 0.480 e. The number of alkyl carbamates (subject to hydrolysis) is 1. The summed E-state index contributed by atoms with van der Waals surface area (Å²) in [6, 6.07) is 10.9. The number of carbonyl (C=O) groups is 1. The minimum absolute atomic E-state index is 0.205. The molecule has 0 unspecified atom stereocenters. The summed E-state index contributed by atoms with van der Waals surface area (Å²) < 4.78 is 12.0. The van der Waals surface area contributed by atoms with Gasteiger partial charge in [0.1, 0.15) is 0 Å². The summed E-state index contributed by atoms with van der Waals surface area (Å²) in [5, 5.41) is 7.82. The van der Waals surface area contributed by atoms with Crippen molar-refractivity contribution in [1.82, 2.24) is 19.9 Å². The third-order valence-electron chi connectivity index (χ3n) is 3.82. The zero-order valence-corrected chi connectivity index (χ0v) is 16.2. The van der Waals surface area contributed by atoms with Gasteiger partial charge in [-0.05, 0) is 24.1 Å². The van der Waals surface area contributed by atoms with Gasteiger partial charge in [-0.15, -0.1) is 5.10 Å². The maximum absolute atomic E-state index is 12.0. The number of amides is 1. The number of halogens is 1. The van der Waals surface area contributed by atoms with Crippen LogP contribution in [-0.4, -0.2) is 34.4 Å². The molecule has 3 rings (SSSR count). The fourth-order valence-electron chi connectivity index (χ4n) is 2.52. The number of imidazole rings is 1. The van der Waals surface area contributed by atoms with Crippen LogP contribution in [0.2, 0.25) is 5.02 Å². The van der Waals surface area contributed by atoms with E-state index in [1.807, 2.05) is 32.0 Å². The molecule has 27 heavy (non-hydrogen) atoms. The number of benzene rings is 1. The summed E-state index contributed by atoms with van der Waals surface area (Å²) in [6.07, 6.45) is -0.483. The Balaban J connectivity index is 1.95. The number of methoxy groups -OCH3 is 1. The summed E-state index contributed by atoms with van der Waals surface area (Å²) in [4.78, 5) is 16.6. The van der Waals surface area contributed by atoms with Crippen molar-refractivity contribution >= 4 is 23.3 Å². The predicted octanol–water partition coefficient (Wildman–Crippen LogP) is 3.94. The van der Waals surface area contributed by atoms with E-state index >= 15 is 0 Å². The molecule has 2 heterocycles. The van der Waals surface area contributed by atoms with Gasteiger partial charge in [-0.25, -0.2) is 14.3 Å². The van der Waals surface area contributed by atoms with Crippen LogP contribution >= 0.6 is 11.6 Å². The molecule has 1 amide bonds. The average Bonchev–Trinajstić information content (AvgIpc) is 3.02. The van der Waals surface area contributed by atoms with Gasteiger partial charge in [0.25, 0.3) is 0 Å². The van der Waals surface area contributed by atoms with Gasteiger partial charge < -0.3 is 14.8 Å². The van der Waals surface area contributed by atoms with Crippen molar-refractivity contribution in [2.75, 3.05) is 13.7 Å². The van der Waals surface area contributed by atoms with Crippen LogP contribution in [0.5, 0.6) is 5.88 Å². The highest BCUT2D eigenvalue weighted by atomic mass is 35.5. The van der Waals surface area contributed by atoms with Crippen LogP contribution in [0.1, 0.15) is 19.5 Å². The first kappa shape index (κ1) is 19.0. The maximum atomic E-state index is 12.0. The van der Waals surface area contributed by atoms with Crippen LogP contribution in [0.4, 0.5) is 4.79 Å². The highest BCUT2D eigenvalue weighted by Gasteiger charge is 2.17. The van der Waals surface area contributed by atoms with Gasteiger partial charge in [-0.1, -0.05) is 37.6 Å². The Bertz CT molecular complexity index is 938. The van der Waals surface area contributed by atoms with Crippen LogP contribution in [0.25, 0.3) is 16.9 Å². The van der Waals surface area contributed by atoms with Crippen molar-refractivity contribution < 1.29 is 14.3 Å². The molecule has 0 radical (unpaired) electrons. The molecule has 0 atom stereocenters. The van der Waals surface area contributed by atoms with Crippen LogP contribution in [-0.2, 0) is 11.3 Å². The highest BCUT2D eigenvalue weighted by molar-refractivity contribution is 6.30. The molecule has 0 spiro atoms. The molecule has 0 saturated heterocycles. The second kappa shape index (κ2) is 8.26. The molecule has 7 nitrogen and oxygen atoms in total. The fourth-order valence-corrected chi connectivity index (χ4v) is 2.64. The molecule has 0 aliphatic carbocycles. The minimum atomic E-state index is -0.483. The van der Waals surface area contributed by atoms with E-state index in [0.717, 1.165) is 5.56 Å². The molecule has 0 bridgehead atoms. The molecule has 0 fully saturated rings. The Kier molecular flexibility index (Phi) is 5.81. The molecule has 0 saturated carbocycles. The van der Waals surface area contributed by atoms with Gasteiger partial charge in [0, 0.05) is 16.7 Å². The monoisotopic (exact) mass is 388 g/mol. The van der Waals surface area contributed by atoms with E-state index < -0.39 is 6.09 Å². The van der Waals surface area contributed by atoms with Crippen molar-refractivity contribution in [3.63, 3.8) is 0 Å². The lowest BCUT2D eigenvalue weighted by atomic mass is 10.1. The van der Waals surface area contributed by atoms with Crippen molar-refractivity contribution in [3.8, 4) is 17.1 Å². The number of rotatable bonds is 6. The standard InChI is InChI=1S/C19H21ClN4O3/c1-12(2)11-27-19(25)21-10-15-18(13-4-6-14(20)7-5-13)22-16-8-9-17(26-3)23-24(15)16/h4-9,12H,10-11H2,1-3H3,(H,21,25). The Morgan fingerprint density at radius 2 is 1.96 bits per heavy atom. The Morgan fingerprint density at radius 1 is 1.22 bits per heavy atom. The van der Waals surface area contributed by atoms with E-state index in [9.17, 15) is 4.79 Å². The molecule has 1 aromatic carbocycles. The Hall–Kier alpha value is -2.80. The van der Waals surface area contributed by atoms with E-state index in [-0.39, 0.29) is 12.5 Å². The van der Waals surface area contributed by atoms with Gasteiger partial charge in [0.05, 0.1) is 31.6 Å². The summed E-state index contributed by atoms with van der Waals surface area (Å²) in [5.41, 5.74) is 2.94. The smallest absolute Gasteiger partial charge is 0.407 e. The van der Waals surface area contributed by atoms with Crippen LogP contribution in [0.3, 0.4) is 0 Å². The van der Waals surface area contributed by atoms with Crippen LogP contribution in [0.15, 0.2) is 36.4 Å². The van der Waals surface area contributed by atoms with Crippen molar-refractivity contribution in [1.29, 1.82) is 0 Å². The number of carbonyl (C=O) groups excluding carboxylic acids is 1. The number of hydrogen-bond acceptors (Lipinski definition) is 5. The second-order valence-corrected chi connectivity index (χ2v) is 6.84. The quantitative estimate of drug-likeness (QED) is 0.692. The van der Waals surface area contributed by atoms with Crippen molar-refractivity contribution in [2.45, 2.75) is 20.4 Å². The normalized spacial score (nSPS) is 11.0. The zero-order chi connectivity index (χ0) is 19.4. The molecule has 1 N–H and O–H groups in total. The van der Waals surface area contributed by atoms with E-state index in [4.69, 9.17) is 21.1 Å². The molecule has 3 aromatic rings. The van der Waals surface area contributed by atoms with E-state index in [1.54, 1.807) is 29.8 Å². The topological polar surface area (TPSA) is 77.8 Å². The summed E-state index contributed by atoms with van der Waals surface area (Å²) in [5.74, 6) is 0.716. The van der Waals surface area contributed by atoms with Crippen molar-refractivity contribution in [2.24, 2.45) is 5.92 Å². The molecule has 142 valence electrons. The Morgan fingerprint density at radius 3 is 2.63 bits per heavy atom. The third-order valence-corrected chi connectivity index (χ3v) is 4.07. The first-order valence-electron chi connectivity index (χ1n) is 8.57. The lowest BCUT2D eigenvalue weighted by Gasteiger charge is -2.10. The lowest BCUT2D eigenvalue weighted by molar-refractivity contribution is 0.132. The number of hydrogen-bond donors (Lipinski definition) is 1. The van der Waals surface area contributed by atoms with E-state index in [0.29, 0.717) is 34.5 Å². The van der Waals surface area contributed by atoms with Gasteiger partial charge in [-0.3, -0.25) is 0 Å². The summed E-state index contributed by atoms with van der Waals surface area (Å²) in [6.45, 7) is 4.52. The van der Waals surface area contributed by atoms with Crippen molar-refractivity contribution in [3.05, 3.63) is 47.1 Å². The number of nitrogens with zero attached hydrogens (tertiary/aromatic N) is 3. The zero-order valence-electron chi connectivity index (χ0n) is 15.4. The van der Waals surface area contributed by atoms with Gasteiger partial charge in [0.2, 0.25) is 5.88 Å². The van der Waals surface area contributed by atoms with E-state index in [2.05, 4.69) is 15.4 Å². The number of ether oxygens (including phenoxy) is 2. The van der Waals surface area contributed by atoms with Gasteiger partial charge >= 0.3 is 6.09 Å². The van der Waals surface area contributed by atoms with Gasteiger partial charge in [0.15, 0.2) is 5.65 Å². The average molecular weight is 389 g/mol. The van der Waals surface area contributed by atoms with Crippen LogP contribution < -0.4 is 10.1 Å². The predicted molar refractivity (Wildman–Crippen MR) is 103 cm³/mol. The molecule has 8 heteroatoms. The number of aromatic nitrogens is 3. The number of nitrogens with one attached hydrogen (secondary N) is 1. The van der Waals surface area contributed by atoms with Gasteiger partial charge in [-0.2, -0.15) is 0 Å². The third kappa shape index (κ3) is 4.49. The molecule has 2 aromatic heterocycles. The maximum Gasteiger partial charge on any atom is 0.407 e. The lowest BCUT2D eigenvalue weighted by Crippen LogP contribution is -2.26. The summed E-state index contributed by atoms with van der Waals surface area (Å²) >= 11 is 5.99. The first-order valence-corrected chi connectivity index (χ1v) is 8.95. The summed E-state index contributed by atoms with van der Waals surface area (Å²) in [7, 11) is 1.55. The SMILES string of the molecule is COc1ccc2nc(-c3ccc(Cl)cc3)c(CNC(=O)OCC(C)C)n2n1. The highest BCUT2D eigenvalue weighted by Crippen LogP contribution is 2.26. The fraction of sp³-hybridized carbons (Fsp3) is 0.316.